The summed E-state index contributed by atoms with van der Waals surface area (Å²) in [5.74, 6) is -1.90. The Hall–Kier alpha value is -2.64. The highest BCUT2D eigenvalue weighted by Gasteiger charge is 2.47. The minimum absolute atomic E-state index is 0.113. The first-order chi connectivity index (χ1) is 20.6. The van der Waals surface area contributed by atoms with Gasteiger partial charge in [0, 0.05) is 23.9 Å². The highest BCUT2D eigenvalue weighted by molar-refractivity contribution is 7.69. The minimum atomic E-state index is -6.14. The molecule has 248 valence electrons. The van der Waals surface area contributed by atoms with E-state index >= 15 is 0 Å². The van der Waals surface area contributed by atoms with Crippen LogP contribution in [0.1, 0.15) is 18.2 Å². The van der Waals surface area contributed by atoms with E-state index in [4.69, 9.17) is 9.15 Å². The van der Waals surface area contributed by atoms with Crippen LogP contribution in [0.5, 0.6) is 5.75 Å². The summed E-state index contributed by atoms with van der Waals surface area (Å²) in [4.78, 5) is 75.4. The number of fused-ring (bicyclic) bond motifs is 1. The molecule has 0 amide bonds. The van der Waals surface area contributed by atoms with Crippen LogP contribution in [0.2, 0.25) is 0 Å². The van der Waals surface area contributed by atoms with Gasteiger partial charge in [-0.15, -0.1) is 0 Å². The molecule has 1 fully saturated rings. The third kappa shape index (κ3) is 9.22. The number of rotatable bonds is 12. The predicted molar refractivity (Wildman–Crippen MR) is 142 cm³/mol. The molecule has 5 unspecified atom stereocenters. The first-order valence-electron chi connectivity index (χ1n) is 11.8. The number of aromatic amines is 1. The number of hydrogen-bond donors (Lipinski definition) is 6. The summed E-state index contributed by atoms with van der Waals surface area (Å²) in [7, 11) is -23.6. The fourth-order valence-corrected chi connectivity index (χ4v) is 8.78. The molecule has 0 aliphatic carbocycles. The van der Waals surface area contributed by atoms with Crippen molar-refractivity contribution in [2.45, 2.75) is 31.8 Å². The zero-order chi connectivity index (χ0) is 33.5. The Balaban J connectivity index is 1.35. The molecule has 0 radical (unpaired) electrons. The maximum Gasteiger partial charge on any atom is 0.536 e. The molecule has 3 heterocycles. The van der Waals surface area contributed by atoms with Crippen LogP contribution in [0.25, 0.3) is 11.0 Å². The number of aromatic nitrogens is 2. The number of nitrogens with one attached hydrogen (secondary N) is 1. The predicted octanol–water partition coefficient (Wildman–Crippen LogP) is 1.29. The van der Waals surface area contributed by atoms with Gasteiger partial charge in [0.1, 0.15) is 23.7 Å². The second-order valence-electron chi connectivity index (χ2n) is 8.99. The molecule has 0 spiro atoms. The van der Waals surface area contributed by atoms with Crippen molar-refractivity contribution in [1.82, 2.24) is 9.55 Å². The number of phosphoric ester groups is 2. The summed E-state index contributed by atoms with van der Waals surface area (Å²) in [5.41, 5.74) is -2.86. The van der Waals surface area contributed by atoms with Gasteiger partial charge >= 0.3 is 42.6 Å². The van der Waals surface area contributed by atoms with Gasteiger partial charge in [0.05, 0.1) is 18.9 Å². The second-order valence-corrected chi connectivity index (χ2v) is 15.1. The van der Waals surface area contributed by atoms with Gasteiger partial charge in [0.25, 0.3) is 5.56 Å². The van der Waals surface area contributed by atoms with Crippen LogP contribution < -0.4 is 21.4 Å². The first-order valence-corrected chi connectivity index (χ1v) is 17.8. The maximum atomic E-state index is 13.6. The average molecular weight is 724 g/mol. The van der Waals surface area contributed by atoms with E-state index < -0.39 is 91.2 Å². The van der Waals surface area contributed by atoms with Crippen molar-refractivity contribution in [2.24, 2.45) is 0 Å². The highest BCUT2D eigenvalue weighted by Crippen LogP contribution is 2.71. The van der Waals surface area contributed by atoms with Crippen molar-refractivity contribution in [1.29, 1.82) is 0 Å². The van der Waals surface area contributed by atoms with E-state index in [1.54, 1.807) is 11.9 Å². The molecule has 3 aromatic rings. The van der Waals surface area contributed by atoms with Gasteiger partial charge in [-0.05, 0) is 24.6 Å². The van der Waals surface area contributed by atoms with Crippen molar-refractivity contribution in [3.63, 3.8) is 0 Å². The van der Waals surface area contributed by atoms with Crippen LogP contribution in [0.15, 0.2) is 49.3 Å². The number of aliphatic hydroxyl groups is 1. The molecule has 1 saturated heterocycles. The Labute approximate surface area is 247 Å². The molecule has 21 nitrogen and oxygen atoms in total. The first kappa shape index (κ1) is 35.2. The highest BCUT2D eigenvalue weighted by atomic mass is 31.3. The number of benzene rings is 1. The van der Waals surface area contributed by atoms with Gasteiger partial charge in [0.15, 0.2) is 0 Å². The number of halogens is 1. The van der Waals surface area contributed by atoms with Crippen LogP contribution in [0.3, 0.4) is 0 Å². The number of nitrogens with zero attached hydrogens (tertiary/aromatic N) is 1. The number of aliphatic hydroxyl groups excluding tert-OH is 1. The van der Waals surface area contributed by atoms with E-state index in [0.717, 1.165) is 12.1 Å². The Morgan fingerprint density at radius 3 is 2.27 bits per heavy atom. The zero-order valence-electron chi connectivity index (χ0n) is 22.1. The van der Waals surface area contributed by atoms with Crippen LogP contribution in [-0.4, -0.2) is 53.0 Å². The van der Waals surface area contributed by atoms with E-state index in [0.29, 0.717) is 21.7 Å². The molecule has 4 rings (SSSR count). The van der Waals surface area contributed by atoms with Crippen LogP contribution in [0.4, 0.5) is 4.39 Å². The lowest BCUT2D eigenvalue weighted by Crippen LogP contribution is -2.34. The lowest BCUT2D eigenvalue weighted by atomic mass is 10.1. The summed E-state index contributed by atoms with van der Waals surface area (Å²) in [6.45, 7) is 0.472. The molecule has 1 aromatic carbocycles. The van der Waals surface area contributed by atoms with Crippen LogP contribution >= 0.6 is 31.3 Å². The molecule has 1 aliphatic rings. The lowest BCUT2D eigenvalue weighted by molar-refractivity contribution is -0.0452. The van der Waals surface area contributed by atoms with E-state index in [1.165, 1.54) is 12.1 Å². The van der Waals surface area contributed by atoms with Gasteiger partial charge in [0.2, 0.25) is 5.82 Å². The summed E-state index contributed by atoms with van der Waals surface area (Å²) in [5, 5.41) is 10.5. The molecule has 6 N–H and O–H groups in total. The van der Waals surface area contributed by atoms with E-state index in [-0.39, 0.29) is 5.58 Å². The number of H-pyrrole nitrogens is 1. The molecule has 26 heteroatoms. The number of aryl methyl sites for hydroxylation is 1. The van der Waals surface area contributed by atoms with Crippen molar-refractivity contribution < 1.29 is 78.5 Å². The van der Waals surface area contributed by atoms with E-state index in [1.807, 2.05) is 0 Å². The average Bonchev–Trinajstić information content (AvgIpc) is 3.22. The zero-order valence-corrected chi connectivity index (χ0v) is 25.7. The molecular formula is C19H21FN2O19P4. The maximum absolute atomic E-state index is 13.6. The molecule has 1 aliphatic heterocycles. The van der Waals surface area contributed by atoms with Crippen molar-refractivity contribution >= 4 is 42.3 Å². The largest absolute Gasteiger partial charge is 0.536 e. The number of phosphoric acid groups is 4. The standard InChI is InChI=1S/C19H21FN2O19P4/c1-9-4-17(24)37-14-5-10(2-3-11(9)14)38-43(29,30)40-45(33,34)41-44(31,32)39-42(27,28)35-8-15-13(23)6-16(36-15)22-7-12(20)18(25)21-19(22)26/h2-5,7,13,15-16,23H,6,8H2,1H3,(H,27,28)(H,29,30)(H,31,32)(H,33,34)(H,21,25,26)/t13-,15+,16?/m0/s1. The van der Waals surface area contributed by atoms with E-state index in [9.17, 15) is 61.7 Å². The van der Waals surface area contributed by atoms with Gasteiger partial charge in [-0.3, -0.25) is 23.8 Å². The fourth-order valence-electron chi connectivity index (χ4n) is 3.83. The SMILES string of the molecule is Cc1cc(=O)oc2cc(OP(=O)(O)OP(=O)(O)OP(=O)(O)OP(=O)(O)OC[C@H]3OC(n4cc(F)c(=O)[nH]c4=O)C[C@@H]3O)ccc12. The Morgan fingerprint density at radius 1 is 0.978 bits per heavy atom. The molecule has 2 aromatic heterocycles. The normalized spacial score (nSPS) is 23.9. The van der Waals surface area contributed by atoms with Crippen molar-refractivity contribution in [2.75, 3.05) is 6.61 Å². The quantitative estimate of drug-likeness (QED) is 0.113. The summed E-state index contributed by atoms with van der Waals surface area (Å²) in [6, 6.07) is 4.49. The Morgan fingerprint density at radius 2 is 1.60 bits per heavy atom. The van der Waals surface area contributed by atoms with Gasteiger partial charge in [-0.25, -0.2) is 27.8 Å². The molecule has 0 bridgehead atoms. The fraction of sp³-hybridized carbons (Fsp3) is 0.316. The van der Waals surface area contributed by atoms with Crippen molar-refractivity contribution in [3.05, 3.63) is 73.1 Å². The molecule has 7 atom stereocenters. The molecule has 0 saturated carbocycles. The Bertz CT molecular complexity index is 1990. The smallest absolute Gasteiger partial charge is 0.423 e. The van der Waals surface area contributed by atoms with Crippen molar-refractivity contribution in [3.8, 4) is 5.75 Å². The van der Waals surface area contributed by atoms with Gasteiger partial charge < -0.3 is 33.5 Å². The lowest BCUT2D eigenvalue weighted by Gasteiger charge is -2.21. The Kier molecular flexibility index (Phi) is 10.1. The van der Waals surface area contributed by atoms with Gasteiger partial charge in [-0.1, -0.05) is 0 Å². The van der Waals surface area contributed by atoms with Crippen LogP contribution in [-0.2, 0) is 40.5 Å². The third-order valence-corrected chi connectivity index (χ3v) is 11.5. The topological polar surface area (TPSA) is 310 Å². The summed E-state index contributed by atoms with van der Waals surface area (Å²) >= 11 is 0. The minimum Gasteiger partial charge on any atom is -0.423 e. The number of hydrogen-bond acceptors (Lipinski definition) is 15. The summed E-state index contributed by atoms with van der Waals surface area (Å²) < 4.78 is 93.6. The second kappa shape index (κ2) is 12.9. The molecule has 45 heavy (non-hydrogen) atoms. The number of ether oxygens (including phenoxy) is 1. The third-order valence-electron chi connectivity index (χ3n) is 5.60. The van der Waals surface area contributed by atoms with E-state index in [2.05, 4.69) is 22.0 Å². The monoisotopic (exact) mass is 724 g/mol. The van der Waals surface area contributed by atoms with Crippen LogP contribution in [0, 0.1) is 12.7 Å². The molecular weight excluding hydrogens is 703 g/mol. The van der Waals surface area contributed by atoms with Gasteiger partial charge in [-0.2, -0.15) is 17.3 Å². The summed E-state index contributed by atoms with van der Waals surface area (Å²) in [6.07, 6.45) is -4.42.